The average molecular weight is 383 g/mol. The van der Waals surface area contributed by atoms with Crippen LogP contribution in [-0.4, -0.2) is 23.0 Å². The van der Waals surface area contributed by atoms with E-state index in [1.54, 1.807) is 7.11 Å². The number of rotatable bonds is 3. The van der Waals surface area contributed by atoms with E-state index in [9.17, 15) is 4.79 Å². The van der Waals surface area contributed by atoms with Crippen LogP contribution in [0, 0.1) is 0 Å². The number of ether oxygens (including phenoxy) is 1. The third-order valence-electron chi connectivity index (χ3n) is 5.47. The Bertz CT molecular complexity index is 1190. The van der Waals surface area contributed by atoms with Gasteiger partial charge in [-0.05, 0) is 46.5 Å². The maximum absolute atomic E-state index is 12.8. The van der Waals surface area contributed by atoms with E-state index in [1.165, 1.54) is 11.1 Å². The van der Waals surface area contributed by atoms with Crippen LogP contribution >= 0.6 is 0 Å². The van der Waals surface area contributed by atoms with E-state index < -0.39 is 0 Å². The maximum Gasteiger partial charge on any atom is 0.322 e. The molecule has 2 heterocycles. The van der Waals surface area contributed by atoms with Crippen molar-refractivity contribution in [1.82, 2.24) is 9.88 Å². The van der Waals surface area contributed by atoms with E-state index >= 15 is 0 Å². The predicted molar refractivity (Wildman–Crippen MR) is 115 cm³/mol. The van der Waals surface area contributed by atoms with Crippen LogP contribution < -0.4 is 10.1 Å². The molecule has 0 aliphatic carbocycles. The summed E-state index contributed by atoms with van der Waals surface area (Å²) >= 11 is 0. The van der Waals surface area contributed by atoms with Gasteiger partial charge in [-0.25, -0.2) is 4.79 Å². The molecule has 0 radical (unpaired) electrons. The Morgan fingerprint density at radius 2 is 1.72 bits per heavy atom. The summed E-state index contributed by atoms with van der Waals surface area (Å²) in [5, 5.41) is 4.06. The highest BCUT2D eigenvalue weighted by molar-refractivity contribution is 6.01. The van der Waals surface area contributed by atoms with Crippen molar-refractivity contribution in [2.45, 2.75) is 13.1 Å². The zero-order valence-corrected chi connectivity index (χ0v) is 16.1. The number of carbonyl (C=O) groups is 1. The van der Waals surface area contributed by atoms with Gasteiger partial charge in [-0.2, -0.15) is 0 Å². The number of fused-ring (bicyclic) bond motifs is 2. The highest BCUT2D eigenvalue weighted by Gasteiger charge is 2.24. The molecule has 1 aliphatic heterocycles. The molecule has 2 N–H and O–H groups in total. The first kappa shape index (κ1) is 17.4. The number of hydrogen-bond donors (Lipinski definition) is 2. The lowest BCUT2D eigenvalue weighted by Gasteiger charge is -2.16. The van der Waals surface area contributed by atoms with E-state index in [1.807, 2.05) is 47.5 Å². The third kappa shape index (κ3) is 3.21. The summed E-state index contributed by atoms with van der Waals surface area (Å²) < 4.78 is 5.24. The molecule has 29 heavy (non-hydrogen) atoms. The number of methoxy groups -OCH3 is 1. The van der Waals surface area contributed by atoms with Gasteiger partial charge in [0.1, 0.15) is 5.75 Å². The molecule has 2 amide bonds. The first-order chi connectivity index (χ1) is 14.2. The molecule has 0 saturated carbocycles. The Balaban J connectivity index is 1.33. The lowest BCUT2D eigenvalue weighted by molar-refractivity contribution is 0.212. The Kier molecular flexibility index (Phi) is 4.21. The molecule has 0 atom stereocenters. The SMILES string of the molecule is COc1ccc(-c2ccc3c(c2)CN(C(=O)Nc2c[nH]c4ccccc24)C3)cc1. The molecule has 4 aromatic rings. The number of para-hydroxylation sites is 1. The van der Waals surface area contributed by atoms with E-state index in [0.717, 1.165) is 33.5 Å². The van der Waals surface area contributed by atoms with Crippen LogP contribution in [0.5, 0.6) is 5.75 Å². The second-order valence-electron chi connectivity index (χ2n) is 7.25. The van der Waals surface area contributed by atoms with Gasteiger partial charge in [0.15, 0.2) is 0 Å². The second kappa shape index (κ2) is 7.02. The zero-order valence-electron chi connectivity index (χ0n) is 16.1. The van der Waals surface area contributed by atoms with Gasteiger partial charge in [0.25, 0.3) is 0 Å². The van der Waals surface area contributed by atoms with Crippen LogP contribution in [0.2, 0.25) is 0 Å². The van der Waals surface area contributed by atoms with Crippen LogP contribution in [0.1, 0.15) is 11.1 Å². The van der Waals surface area contributed by atoms with Crippen molar-refractivity contribution in [3.8, 4) is 16.9 Å². The normalized spacial score (nSPS) is 12.8. The van der Waals surface area contributed by atoms with Crippen molar-refractivity contribution >= 4 is 22.6 Å². The summed E-state index contributed by atoms with van der Waals surface area (Å²) in [7, 11) is 1.67. The fourth-order valence-electron chi connectivity index (χ4n) is 3.87. The second-order valence-corrected chi connectivity index (χ2v) is 7.25. The van der Waals surface area contributed by atoms with Gasteiger partial charge in [-0.15, -0.1) is 0 Å². The summed E-state index contributed by atoms with van der Waals surface area (Å²) in [5.41, 5.74) is 6.47. The number of nitrogens with one attached hydrogen (secondary N) is 2. The predicted octanol–water partition coefficient (Wildman–Crippen LogP) is 5.39. The number of urea groups is 1. The molecule has 5 nitrogen and oxygen atoms in total. The quantitative estimate of drug-likeness (QED) is 0.498. The van der Waals surface area contributed by atoms with Gasteiger partial charge in [-0.3, -0.25) is 0 Å². The van der Waals surface area contributed by atoms with Gasteiger partial charge in [0, 0.05) is 30.2 Å². The maximum atomic E-state index is 12.8. The molecule has 0 bridgehead atoms. The van der Waals surface area contributed by atoms with E-state index in [2.05, 4.69) is 40.6 Å². The lowest BCUT2D eigenvalue weighted by Crippen LogP contribution is -2.30. The Labute approximate surface area is 168 Å². The summed E-state index contributed by atoms with van der Waals surface area (Å²) in [4.78, 5) is 17.9. The number of carbonyl (C=O) groups excluding carboxylic acids is 1. The number of aromatic nitrogens is 1. The van der Waals surface area contributed by atoms with Gasteiger partial charge in [-0.1, -0.05) is 42.5 Å². The number of amides is 2. The third-order valence-corrected chi connectivity index (χ3v) is 5.47. The van der Waals surface area contributed by atoms with Crippen LogP contribution in [-0.2, 0) is 13.1 Å². The Morgan fingerprint density at radius 1 is 0.966 bits per heavy atom. The van der Waals surface area contributed by atoms with Crippen molar-refractivity contribution in [3.05, 3.63) is 84.1 Å². The van der Waals surface area contributed by atoms with Gasteiger partial charge in [0.2, 0.25) is 0 Å². The fourth-order valence-corrected chi connectivity index (χ4v) is 3.87. The molecular weight excluding hydrogens is 362 g/mol. The van der Waals surface area contributed by atoms with Gasteiger partial charge >= 0.3 is 6.03 Å². The molecule has 5 rings (SSSR count). The van der Waals surface area contributed by atoms with Crippen molar-refractivity contribution in [2.75, 3.05) is 12.4 Å². The van der Waals surface area contributed by atoms with Crippen molar-refractivity contribution in [2.24, 2.45) is 0 Å². The van der Waals surface area contributed by atoms with Crippen molar-refractivity contribution < 1.29 is 9.53 Å². The smallest absolute Gasteiger partial charge is 0.322 e. The molecule has 5 heteroatoms. The monoisotopic (exact) mass is 383 g/mol. The molecule has 1 aliphatic rings. The minimum atomic E-state index is -0.0862. The highest BCUT2D eigenvalue weighted by atomic mass is 16.5. The van der Waals surface area contributed by atoms with Crippen LogP contribution in [0.4, 0.5) is 10.5 Å². The van der Waals surface area contributed by atoms with Crippen LogP contribution in [0.15, 0.2) is 72.9 Å². The Morgan fingerprint density at radius 3 is 2.55 bits per heavy atom. The highest BCUT2D eigenvalue weighted by Crippen LogP contribution is 2.30. The molecule has 0 saturated heterocycles. The molecule has 1 aromatic heterocycles. The van der Waals surface area contributed by atoms with Crippen molar-refractivity contribution in [1.29, 1.82) is 0 Å². The topological polar surface area (TPSA) is 57.4 Å². The first-order valence-electron chi connectivity index (χ1n) is 9.59. The van der Waals surface area contributed by atoms with E-state index in [0.29, 0.717) is 13.1 Å². The first-order valence-corrected chi connectivity index (χ1v) is 9.59. The number of aromatic amines is 1. The van der Waals surface area contributed by atoms with Crippen molar-refractivity contribution in [3.63, 3.8) is 0 Å². The standard InChI is InChI=1S/C24H21N3O2/c1-29-20-10-8-16(9-11-20)17-6-7-18-14-27(15-19(18)12-17)24(28)26-23-13-25-22-5-3-2-4-21(22)23/h2-13,25H,14-15H2,1H3,(H,26,28). The van der Waals surface area contributed by atoms with E-state index in [-0.39, 0.29) is 6.03 Å². The summed E-state index contributed by atoms with van der Waals surface area (Å²) in [6.07, 6.45) is 1.84. The van der Waals surface area contributed by atoms with Gasteiger partial charge in [0.05, 0.1) is 12.8 Å². The number of nitrogens with zero attached hydrogens (tertiary/aromatic N) is 1. The summed E-state index contributed by atoms with van der Waals surface area (Å²) in [5.74, 6) is 0.843. The van der Waals surface area contributed by atoms with Gasteiger partial charge < -0.3 is 19.9 Å². The number of anilines is 1. The molecule has 144 valence electrons. The minimum absolute atomic E-state index is 0.0862. The summed E-state index contributed by atoms with van der Waals surface area (Å²) in [6.45, 7) is 1.22. The molecule has 0 spiro atoms. The van der Waals surface area contributed by atoms with E-state index in [4.69, 9.17) is 4.74 Å². The molecule has 0 fully saturated rings. The minimum Gasteiger partial charge on any atom is -0.497 e. The number of H-pyrrole nitrogens is 1. The van der Waals surface area contributed by atoms with Crippen LogP contribution in [0.25, 0.3) is 22.0 Å². The fraction of sp³-hybridized carbons (Fsp3) is 0.125. The van der Waals surface area contributed by atoms with Crippen LogP contribution in [0.3, 0.4) is 0 Å². The lowest BCUT2D eigenvalue weighted by atomic mass is 10.0. The summed E-state index contributed by atoms with van der Waals surface area (Å²) in [6, 6.07) is 22.3. The molecule has 0 unspecified atom stereocenters. The molecule has 3 aromatic carbocycles. The Hall–Kier alpha value is -3.73. The average Bonchev–Trinajstić information content (AvgIpc) is 3.38. The largest absolute Gasteiger partial charge is 0.497 e. The molecular formula is C24H21N3O2. The number of benzene rings is 3. The zero-order chi connectivity index (χ0) is 19.8. The number of hydrogen-bond acceptors (Lipinski definition) is 2.